The molecule has 3 aromatic rings. The average Bonchev–Trinajstić information content (AvgIpc) is 3.09. The van der Waals surface area contributed by atoms with Crippen LogP contribution in [0, 0.1) is 24.0 Å². The average molecular weight is 435 g/mol. The maximum absolute atomic E-state index is 12.3. The van der Waals surface area contributed by atoms with E-state index in [4.69, 9.17) is 14.2 Å². The fraction of sp³-hybridized carbons (Fsp3) is 0.217. The van der Waals surface area contributed by atoms with Gasteiger partial charge >= 0.3 is 5.97 Å². The lowest BCUT2D eigenvalue weighted by atomic mass is 10.1. The number of nitrogens with zero attached hydrogens (tertiary/aromatic N) is 3. The van der Waals surface area contributed by atoms with Crippen molar-refractivity contribution in [3.05, 3.63) is 86.7 Å². The zero-order valence-corrected chi connectivity index (χ0v) is 17.6. The molecule has 0 N–H and O–H groups in total. The second kappa shape index (κ2) is 9.03. The number of carbonyl (C=O) groups excluding carboxylic acids is 1. The second-order valence-electron chi connectivity index (χ2n) is 7.23. The Morgan fingerprint density at radius 1 is 1.28 bits per heavy atom. The number of hydrogen-bond donors (Lipinski definition) is 0. The van der Waals surface area contributed by atoms with Crippen molar-refractivity contribution in [3.8, 4) is 11.4 Å². The smallest absolute Gasteiger partial charge is 0.331 e. The Labute approximate surface area is 184 Å². The molecule has 4 rings (SSSR count). The maximum Gasteiger partial charge on any atom is 0.331 e. The van der Waals surface area contributed by atoms with Gasteiger partial charge in [0.1, 0.15) is 12.4 Å². The van der Waals surface area contributed by atoms with Crippen molar-refractivity contribution in [2.75, 3.05) is 6.79 Å². The molecule has 164 valence electrons. The number of non-ortho nitro benzene ring substituents is 1. The van der Waals surface area contributed by atoms with E-state index in [9.17, 15) is 14.9 Å². The van der Waals surface area contributed by atoms with Gasteiger partial charge in [-0.1, -0.05) is 18.2 Å². The highest BCUT2D eigenvalue weighted by molar-refractivity contribution is 5.87. The van der Waals surface area contributed by atoms with Crippen molar-refractivity contribution in [3.63, 3.8) is 0 Å². The van der Waals surface area contributed by atoms with Crippen molar-refractivity contribution in [2.24, 2.45) is 0 Å². The van der Waals surface area contributed by atoms with Crippen LogP contribution < -0.4 is 4.74 Å². The standard InChI is InChI=1S/C23H21N3O6/c1-15-21(16(2)25(24-15)19-6-4-3-5-7-19)8-9-22(27)31-13-18-11-20(26(28)29)10-17-12-30-14-32-23(17)18/h3-11H,12-14H2,1-2H3/b9-8+. The quantitative estimate of drug-likeness (QED) is 0.249. The van der Waals surface area contributed by atoms with Gasteiger partial charge in [-0.25, -0.2) is 9.48 Å². The van der Waals surface area contributed by atoms with Gasteiger partial charge in [-0.15, -0.1) is 0 Å². The first-order valence-corrected chi connectivity index (χ1v) is 9.91. The molecule has 1 aromatic heterocycles. The molecule has 0 saturated heterocycles. The molecule has 2 aromatic carbocycles. The van der Waals surface area contributed by atoms with E-state index in [0.717, 1.165) is 22.6 Å². The van der Waals surface area contributed by atoms with Gasteiger partial charge in [0, 0.05) is 40.6 Å². The molecule has 0 spiro atoms. The van der Waals surface area contributed by atoms with E-state index < -0.39 is 10.9 Å². The molecule has 1 aliphatic rings. The number of nitro groups is 1. The number of nitro benzene ring substituents is 1. The van der Waals surface area contributed by atoms with Crippen LogP contribution in [0.1, 0.15) is 28.1 Å². The number of carbonyl (C=O) groups is 1. The van der Waals surface area contributed by atoms with E-state index >= 15 is 0 Å². The fourth-order valence-corrected chi connectivity index (χ4v) is 3.56. The summed E-state index contributed by atoms with van der Waals surface area (Å²) in [7, 11) is 0. The highest BCUT2D eigenvalue weighted by atomic mass is 16.7. The lowest BCUT2D eigenvalue weighted by Crippen LogP contribution is -2.14. The van der Waals surface area contributed by atoms with Crippen molar-refractivity contribution in [1.29, 1.82) is 0 Å². The molecule has 9 heteroatoms. The monoisotopic (exact) mass is 435 g/mol. The van der Waals surface area contributed by atoms with Gasteiger partial charge in [0.2, 0.25) is 0 Å². The van der Waals surface area contributed by atoms with E-state index in [1.54, 1.807) is 6.08 Å². The van der Waals surface area contributed by atoms with Crippen LogP contribution >= 0.6 is 0 Å². The molecule has 0 aliphatic carbocycles. The van der Waals surface area contributed by atoms with Crippen LogP contribution in [0.25, 0.3) is 11.8 Å². The number of aryl methyl sites for hydroxylation is 1. The number of esters is 1. The minimum absolute atomic E-state index is 0.0373. The molecule has 0 bridgehead atoms. The van der Waals surface area contributed by atoms with Gasteiger partial charge in [-0.3, -0.25) is 10.1 Å². The predicted octanol–water partition coefficient (Wildman–Crippen LogP) is 4.02. The number of rotatable bonds is 6. The van der Waals surface area contributed by atoms with Gasteiger partial charge in [-0.05, 0) is 32.1 Å². The SMILES string of the molecule is Cc1nn(-c2ccccc2)c(C)c1/C=C/C(=O)OCc1cc([N+](=O)[O-])cc2c1OCOC2. The summed E-state index contributed by atoms with van der Waals surface area (Å²) in [5, 5.41) is 15.7. The van der Waals surface area contributed by atoms with Crippen LogP contribution in [0.3, 0.4) is 0 Å². The number of hydrogen-bond acceptors (Lipinski definition) is 7. The summed E-state index contributed by atoms with van der Waals surface area (Å²) in [6.45, 7) is 3.87. The summed E-state index contributed by atoms with van der Waals surface area (Å²) in [5.74, 6) is -0.127. The van der Waals surface area contributed by atoms with E-state index in [2.05, 4.69) is 5.10 Å². The Balaban J connectivity index is 1.49. The molecule has 9 nitrogen and oxygen atoms in total. The summed E-state index contributed by atoms with van der Waals surface area (Å²) < 4.78 is 17.8. The van der Waals surface area contributed by atoms with Crippen LogP contribution in [0.15, 0.2) is 48.5 Å². The Morgan fingerprint density at radius 2 is 2.06 bits per heavy atom. The number of para-hydroxylation sites is 1. The van der Waals surface area contributed by atoms with Crippen LogP contribution in [0.5, 0.6) is 5.75 Å². The number of aromatic nitrogens is 2. The number of benzene rings is 2. The first kappa shape index (κ1) is 21.3. The lowest BCUT2D eigenvalue weighted by molar-refractivity contribution is -0.385. The molecular formula is C23H21N3O6. The van der Waals surface area contributed by atoms with Crippen LogP contribution in [0.4, 0.5) is 5.69 Å². The van der Waals surface area contributed by atoms with Gasteiger partial charge in [0.25, 0.3) is 5.69 Å². The first-order chi connectivity index (χ1) is 15.4. The first-order valence-electron chi connectivity index (χ1n) is 9.91. The Kier molecular flexibility index (Phi) is 6.00. The number of fused-ring (bicyclic) bond motifs is 1. The third kappa shape index (κ3) is 4.37. The highest BCUT2D eigenvalue weighted by Gasteiger charge is 2.21. The molecule has 2 heterocycles. The molecule has 0 fully saturated rings. The van der Waals surface area contributed by atoms with Crippen molar-refractivity contribution >= 4 is 17.7 Å². The predicted molar refractivity (Wildman–Crippen MR) is 115 cm³/mol. The topological polar surface area (TPSA) is 106 Å². The van der Waals surface area contributed by atoms with Crippen molar-refractivity contribution in [1.82, 2.24) is 9.78 Å². The molecule has 0 amide bonds. The zero-order chi connectivity index (χ0) is 22.7. The van der Waals surface area contributed by atoms with E-state index in [0.29, 0.717) is 16.9 Å². The molecule has 0 radical (unpaired) electrons. The molecular weight excluding hydrogens is 414 g/mol. The van der Waals surface area contributed by atoms with Crippen LogP contribution in [0.2, 0.25) is 0 Å². The second-order valence-corrected chi connectivity index (χ2v) is 7.23. The van der Waals surface area contributed by atoms with E-state index in [-0.39, 0.29) is 25.7 Å². The summed E-state index contributed by atoms with van der Waals surface area (Å²) in [6.07, 6.45) is 2.98. The fourth-order valence-electron chi connectivity index (χ4n) is 3.56. The van der Waals surface area contributed by atoms with Gasteiger partial charge < -0.3 is 14.2 Å². The largest absolute Gasteiger partial charge is 0.467 e. The van der Waals surface area contributed by atoms with Gasteiger partial charge in [-0.2, -0.15) is 5.10 Å². The molecule has 0 saturated carbocycles. The molecule has 32 heavy (non-hydrogen) atoms. The Hall–Kier alpha value is -3.98. The molecule has 0 atom stereocenters. The molecule has 1 aliphatic heterocycles. The van der Waals surface area contributed by atoms with Gasteiger partial charge in [0.15, 0.2) is 6.79 Å². The van der Waals surface area contributed by atoms with Crippen LogP contribution in [-0.4, -0.2) is 27.5 Å². The highest BCUT2D eigenvalue weighted by Crippen LogP contribution is 2.33. The minimum Gasteiger partial charge on any atom is -0.467 e. The van der Waals surface area contributed by atoms with Crippen molar-refractivity contribution in [2.45, 2.75) is 27.1 Å². The Bertz CT molecular complexity index is 1200. The summed E-state index contributed by atoms with van der Waals surface area (Å²) in [6, 6.07) is 12.4. The van der Waals surface area contributed by atoms with E-state index in [1.807, 2.05) is 48.9 Å². The van der Waals surface area contributed by atoms with Crippen molar-refractivity contribution < 1.29 is 23.9 Å². The van der Waals surface area contributed by atoms with E-state index in [1.165, 1.54) is 18.2 Å². The van der Waals surface area contributed by atoms with Crippen LogP contribution in [-0.2, 0) is 27.5 Å². The normalized spacial score (nSPS) is 12.9. The van der Waals surface area contributed by atoms with Gasteiger partial charge in [0.05, 0.1) is 22.9 Å². The maximum atomic E-state index is 12.3. The third-order valence-corrected chi connectivity index (χ3v) is 5.09. The zero-order valence-electron chi connectivity index (χ0n) is 17.6. The molecule has 0 unspecified atom stereocenters. The minimum atomic E-state index is -0.580. The number of ether oxygens (including phenoxy) is 3. The summed E-state index contributed by atoms with van der Waals surface area (Å²) in [4.78, 5) is 23.0. The summed E-state index contributed by atoms with van der Waals surface area (Å²) in [5.41, 5.74) is 4.26. The Morgan fingerprint density at radius 3 is 2.81 bits per heavy atom. The lowest BCUT2D eigenvalue weighted by Gasteiger charge is -2.20. The third-order valence-electron chi connectivity index (χ3n) is 5.09. The summed E-state index contributed by atoms with van der Waals surface area (Å²) >= 11 is 0.